The number of carbonyl (C=O) groups excluding carboxylic acids is 1. The number of nitrogens with one attached hydrogen (secondary N) is 2. The van der Waals surface area contributed by atoms with E-state index in [1.807, 2.05) is 19.1 Å². The largest absolute Gasteiger partial charge is 0.368 e. The number of amides is 1. The van der Waals surface area contributed by atoms with Crippen LogP contribution in [0.25, 0.3) is 0 Å². The van der Waals surface area contributed by atoms with Gasteiger partial charge in [-0.3, -0.25) is 4.79 Å². The summed E-state index contributed by atoms with van der Waals surface area (Å²) in [4.78, 5) is 20.7. The van der Waals surface area contributed by atoms with E-state index in [1.165, 1.54) is 37.5 Å². The zero-order chi connectivity index (χ0) is 18.4. The lowest BCUT2D eigenvalue weighted by Crippen LogP contribution is -2.15. The van der Waals surface area contributed by atoms with Crippen LogP contribution in [0.5, 0.6) is 0 Å². The van der Waals surface area contributed by atoms with Crippen LogP contribution in [0.3, 0.4) is 0 Å². The predicted octanol–water partition coefficient (Wildman–Crippen LogP) is 4.99. The van der Waals surface area contributed by atoms with E-state index in [2.05, 4.69) is 26.7 Å². The van der Waals surface area contributed by atoms with Crippen LogP contribution in [0.2, 0.25) is 5.02 Å². The van der Waals surface area contributed by atoms with E-state index in [0.29, 0.717) is 16.5 Å². The molecule has 26 heavy (non-hydrogen) atoms. The number of hydrogen-bond donors (Lipinski definition) is 2. The van der Waals surface area contributed by atoms with E-state index < -0.39 is 0 Å². The molecule has 0 fully saturated rings. The molecule has 1 aliphatic rings. The Morgan fingerprint density at radius 2 is 2.12 bits per heavy atom. The normalized spacial score (nSPS) is 13.8. The summed E-state index contributed by atoms with van der Waals surface area (Å²) in [5.74, 6) is 0.368. The van der Waals surface area contributed by atoms with Gasteiger partial charge in [0.05, 0.1) is 12.4 Å². The minimum Gasteiger partial charge on any atom is -0.368 e. The minimum absolute atomic E-state index is 0.266. The molecule has 2 N–H and O–H groups in total. The molecule has 1 aromatic heterocycles. The summed E-state index contributed by atoms with van der Waals surface area (Å²) in [7, 11) is 0. The van der Waals surface area contributed by atoms with Gasteiger partial charge >= 0.3 is 0 Å². The van der Waals surface area contributed by atoms with Crippen LogP contribution < -0.4 is 10.6 Å². The zero-order valence-corrected chi connectivity index (χ0v) is 15.6. The molecule has 0 unspecified atom stereocenters. The second-order valence-corrected chi connectivity index (χ2v) is 6.90. The molecule has 1 aromatic carbocycles. The molecule has 3 rings (SSSR count). The lowest BCUT2D eigenvalue weighted by molar-refractivity contribution is 0.102. The quantitative estimate of drug-likeness (QED) is 0.702. The van der Waals surface area contributed by atoms with Gasteiger partial charge in [0.25, 0.3) is 5.91 Å². The fourth-order valence-electron chi connectivity index (χ4n) is 2.89. The number of allylic oxidation sites excluding steroid dienone is 1. The van der Waals surface area contributed by atoms with Crippen molar-refractivity contribution in [1.29, 1.82) is 0 Å². The molecule has 0 atom stereocenters. The average molecular weight is 371 g/mol. The summed E-state index contributed by atoms with van der Waals surface area (Å²) in [6.07, 6.45) is 11.4. The van der Waals surface area contributed by atoms with Crippen LogP contribution in [-0.4, -0.2) is 22.4 Å². The summed E-state index contributed by atoms with van der Waals surface area (Å²) < 4.78 is 0. The molecule has 0 radical (unpaired) electrons. The smallest absolute Gasteiger partial charge is 0.275 e. The number of aromatic nitrogens is 2. The van der Waals surface area contributed by atoms with Gasteiger partial charge in [-0.2, -0.15) is 0 Å². The Labute approximate surface area is 158 Å². The summed E-state index contributed by atoms with van der Waals surface area (Å²) >= 11 is 6.08. The molecule has 0 bridgehead atoms. The third-order valence-corrected chi connectivity index (χ3v) is 4.86. The molecule has 0 spiro atoms. The highest BCUT2D eigenvalue weighted by atomic mass is 35.5. The molecule has 136 valence electrons. The van der Waals surface area contributed by atoms with Crippen LogP contribution in [0, 0.1) is 6.92 Å². The predicted molar refractivity (Wildman–Crippen MR) is 106 cm³/mol. The monoisotopic (exact) mass is 370 g/mol. The molecular weight excluding hydrogens is 348 g/mol. The van der Waals surface area contributed by atoms with E-state index in [-0.39, 0.29) is 11.6 Å². The topological polar surface area (TPSA) is 66.9 Å². The van der Waals surface area contributed by atoms with Gasteiger partial charge in [0.2, 0.25) is 0 Å². The second kappa shape index (κ2) is 8.81. The number of nitrogens with zero attached hydrogens (tertiary/aromatic N) is 2. The zero-order valence-electron chi connectivity index (χ0n) is 14.9. The van der Waals surface area contributed by atoms with Gasteiger partial charge in [0.1, 0.15) is 11.5 Å². The molecule has 0 saturated carbocycles. The Balaban J connectivity index is 1.52. The van der Waals surface area contributed by atoms with Gasteiger partial charge in [0, 0.05) is 17.3 Å². The molecule has 2 aromatic rings. The number of anilines is 2. The maximum atomic E-state index is 12.3. The van der Waals surface area contributed by atoms with Crippen LogP contribution in [0.4, 0.5) is 11.5 Å². The van der Waals surface area contributed by atoms with Crippen LogP contribution in [0.15, 0.2) is 42.2 Å². The van der Waals surface area contributed by atoms with Crippen molar-refractivity contribution >= 4 is 29.0 Å². The number of halogens is 1. The Hall–Kier alpha value is -2.40. The van der Waals surface area contributed by atoms with E-state index in [0.717, 1.165) is 18.5 Å². The van der Waals surface area contributed by atoms with Gasteiger partial charge < -0.3 is 10.6 Å². The summed E-state index contributed by atoms with van der Waals surface area (Å²) in [6, 6.07) is 5.39. The van der Waals surface area contributed by atoms with Crippen molar-refractivity contribution in [1.82, 2.24) is 9.97 Å². The molecule has 6 heteroatoms. The van der Waals surface area contributed by atoms with Gasteiger partial charge in [0.15, 0.2) is 0 Å². The molecule has 1 heterocycles. The first-order valence-electron chi connectivity index (χ1n) is 8.93. The molecular formula is C20H23ClN4O. The lowest BCUT2D eigenvalue weighted by Gasteiger charge is -2.13. The summed E-state index contributed by atoms with van der Waals surface area (Å²) in [5.41, 5.74) is 3.38. The van der Waals surface area contributed by atoms with Gasteiger partial charge in [-0.05, 0) is 56.7 Å². The van der Waals surface area contributed by atoms with Crippen molar-refractivity contribution < 1.29 is 4.79 Å². The third kappa shape index (κ3) is 5.05. The number of aryl methyl sites for hydroxylation is 1. The first-order valence-corrected chi connectivity index (χ1v) is 9.31. The Morgan fingerprint density at radius 1 is 1.23 bits per heavy atom. The van der Waals surface area contributed by atoms with Gasteiger partial charge in [-0.15, -0.1) is 0 Å². The number of benzene rings is 1. The van der Waals surface area contributed by atoms with Crippen molar-refractivity contribution in [2.24, 2.45) is 0 Å². The highest BCUT2D eigenvalue weighted by Gasteiger charge is 2.10. The SMILES string of the molecule is Cc1ccc(NC(=O)c2cnc(NCCC3=CCCCC3)cn2)cc1Cl. The maximum absolute atomic E-state index is 12.3. The Morgan fingerprint density at radius 3 is 2.81 bits per heavy atom. The average Bonchev–Trinajstić information content (AvgIpc) is 2.66. The maximum Gasteiger partial charge on any atom is 0.275 e. The van der Waals surface area contributed by atoms with Gasteiger partial charge in [-0.1, -0.05) is 29.3 Å². The van der Waals surface area contributed by atoms with Crippen LogP contribution >= 0.6 is 11.6 Å². The van der Waals surface area contributed by atoms with Crippen molar-refractivity contribution in [2.75, 3.05) is 17.2 Å². The van der Waals surface area contributed by atoms with Crippen molar-refractivity contribution in [3.63, 3.8) is 0 Å². The van der Waals surface area contributed by atoms with Gasteiger partial charge in [-0.25, -0.2) is 9.97 Å². The molecule has 5 nitrogen and oxygen atoms in total. The van der Waals surface area contributed by atoms with E-state index in [9.17, 15) is 4.79 Å². The van der Waals surface area contributed by atoms with Crippen LogP contribution in [0.1, 0.15) is 48.2 Å². The third-order valence-electron chi connectivity index (χ3n) is 4.45. The van der Waals surface area contributed by atoms with Crippen LogP contribution in [-0.2, 0) is 0 Å². The molecule has 1 amide bonds. The first-order chi connectivity index (χ1) is 12.6. The standard InChI is InChI=1S/C20H23ClN4O/c1-14-7-8-16(11-17(14)21)25-20(26)18-12-24-19(13-23-18)22-10-9-15-5-3-2-4-6-15/h5,7-8,11-13H,2-4,6,9-10H2,1H3,(H,22,24)(H,25,26). The van der Waals surface area contributed by atoms with E-state index in [1.54, 1.807) is 12.3 Å². The minimum atomic E-state index is -0.309. The number of hydrogen-bond acceptors (Lipinski definition) is 4. The molecule has 0 saturated heterocycles. The van der Waals surface area contributed by atoms with E-state index >= 15 is 0 Å². The van der Waals surface area contributed by atoms with E-state index in [4.69, 9.17) is 11.6 Å². The fourth-order valence-corrected chi connectivity index (χ4v) is 3.07. The van der Waals surface area contributed by atoms with Crippen molar-refractivity contribution in [3.05, 3.63) is 58.5 Å². The second-order valence-electron chi connectivity index (χ2n) is 6.49. The van der Waals surface area contributed by atoms with Crippen molar-refractivity contribution in [2.45, 2.75) is 39.0 Å². The summed E-state index contributed by atoms with van der Waals surface area (Å²) in [5, 5.41) is 6.65. The molecule has 0 aliphatic heterocycles. The lowest BCUT2D eigenvalue weighted by atomic mass is 9.97. The van der Waals surface area contributed by atoms with Crippen molar-refractivity contribution in [3.8, 4) is 0 Å². The highest BCUT2D eigenvalue weighted by molar-refractivity contribution is 6.31. The number of rotatable bonds is 6. The fraction of sp³-hybridized carbons (Fsp3) is 0.350. The molecule has 1 aliphatic carbocycles. The highest BCUT2D eigenvalue weighted by Crippen LogP contribution is 2.21. The Kier molecular flexibility index (Phi) is 6.23. The first kappa shape index (κ1) is 18.4. The number of carbonyl (C=O) groups is 1. The Bertz CT molecular complexity index is 802. The summed E-state index contributed by atoms with van der Waals surface area (Å²) in [6.45, 7) is 2.74.